The molecule has 2 aliphatic heterocycles. The molecule has 2 saturated heterocycles. The molecule has 6 heteroatoms. The SMILES string of the molecule is CC(C)(C)CC1N2C(C)(C)OC(=O)C2(C)C(c2cccc(Cl)c2)C1(N)c1ccc(Cl)cc1. The summed E-state index contributed by atoms with van der Waals surface area (Å²) in [7, 11) is 0. The Kier molecular flexibility index (Phi) is 5.49. The van der Waals surface area contributed by atoms with Crippen molar-refractivity contribution in [2.24, 2.45) is 11.1 Å². The Morgan fingerprint density at radius 1 is 1.03 bits per heavy atom. The first-order valence-corrected chi connectivity index (χ1v) is 11.8. The van der Waals surface area contributed by atoms with Crippen molar-refractivity contribution in [3.05, 3.63) is 69.7 Å². The second kappa shape index (κ2) is 7.46. The fourth-order valence-corrected chi connectivity index (χ4v) is 6.41. The second-order valence-electron chi connectivity index (χ2n) is 11.1. The molecular weight excluding hydrogens is 443 g/mol. The summed E-state index contributed by atoms with van der Waals surface area (Å²) in [6.07, 6.45) is 0.777. The van der Waals surface area contributed by atoms with E-state index in [4.69, 9.17) is 33.7 Å². The van der Waals surface area contributed by atoms with Crippen LogP contribution in [0.25, 0.3) is 0 Å². The van der Waals surface area contributed by atoms with Crippen LogP contribution in [0, 0.1) is 5.41 Å². The summed E-state index contributed by atoms with van der Waals surface area (Å²) in [5.74, 6) is -0.635. The predicted molar refractivity (Wildman–Crippen MR) is 130 cm³/mol. The smallest absolute Gasteiger partial charge is 0.328 e. The number of carbonyl (C=O) groups is 1. The first-order chi connectivity index (χ1) is 14.7. The standard InChI is InChI=1S/C26H32Cl2N2O2/c1-23(2,3)15-20-26(29,17-10-12-18(27)13-11-17)21(16-8-7-9-19(28)14-16)25(6)22(31)32-24(4,5)30(20)25/h7-14,20-21H,15,29H2,1-6H3. The van der Waals surface area contributed by atoms with E-state index in [1.54, 1.807) is 0 Å². The lowest BCUT2D eigenvalue weighted by atomic mass is 9.66. The van der Waals surface area contributed by atoms with Gasteiger partial charge in [0, 0.05) is 22.0 Å². The molecule has 4 nitrogen and oxygen atoms in total. The monoisotopic (exact) mass is 474 g/mol. The van der Waals surface area contributed by atoms with E-state index in [-0.39, 0.29) is 23.3 Å². The van der Waals surface area contributed by atoms with Crippen molar-refractivity contribution >= 4 is 29.2 Å². The first kappa shape index (κ1) is 23.6. The maximum absolute atomic E-state index is 13.6. The van der Waals surface area contributed by atoms with Crippen molar-refractivity contribution in [2.75, 3.05) is 0 Å². The molecule has 0 spiro atoms. The topological polar surface area (TPSA) is 55.6 Å². The Balaban J connectivity index is 2.05. The number of rotatable bonds is 3. The third kappa shape index (κ3) is 3.47. The molecule has 172 valence electrons. The minimum atomic E-state index is -0.960. The molecule has 2 aromatic rings. The molecule has 2 fully saturated rings. The Morgan fingerprint density at radius 2 is 1.66 bits per heavy atom. The van der Waals surface area contributed by atoms with Crippen LogP contribution < -0.4 is 5.73 Å². The van der Waals surface area contributed by atoms with Crippen LogP contribution in [0.15, 0.2) is 48.5 Å². The van der Waals surface area contributed by atoms with Crippen molar-refractivity contribution in [3.63, 3.8) is 0 Å². The predicted octanol–water partition coefficient (Wildman–Crippen LogP) is 6.10. The number of ether oxygens (including phenoxy) is 1. The van der Waals surface area contributed by atoms with Crippen LogP contribution in [-0.2, 0) is 15.1 Å². The summed E-state index contributed by atoms with van der Waals surface area (Å²) < 4.78 is 5.97. The quantitative estimate of drug-likeness (QED) is 0.545. The number of hydrogen-bond donors (Lipinski definition) is 1. The van der Waals surface area contributed by atoms with E-state index in [2.05, 4.69) is 25.7 Å². The van der Waals surface area contributed by atoms with Crippen LogP contribution in [-0.4, -0.2) is 28.2 Å². The van der Waals surface area contributed by atoms with Gasteiger partial charge in [0.25, 0.3) is 0 Å². The van der Waals surface area contributed by atoms with Gasteiger partial charge >= 0.3 is 5.97 Å². The van der Waals surface area contributed by atoms with Crippen LogP contribution in [0.3, 0.4) is 0 Å². The van der Waals surface area contributed by atoms with Crippen molar-refractivity contribution in [2.45, 2.75) is 76.7 Å². The van der Waals surface area contributed by atoms with Gasteiger partial charge in [0.15, 0.2) is 5.72 Å². The van der Waals surface area contributed by atoms with Gasteiger partial charge in [-0.25, -0.2) is 9.69 Å². The molecule has 0 aromatic heterocycles. The van der Waals surface area contributed by atoms with Gasteiger partial charge in [-0.3, -0.25) is 0 Å². The minimum absolute atomic E-state index is 0.0342. The lowest BCUT2D eigenvalue weighted by molar-refractivity contribution is -0.153. The van der Waals surface area contributed by atoms with Crippen LogP contribution in [0.1, 0.15) is 65.0 Å². The highest BCUT2D eigenvalue weighted by Crippen LogP contribution is 2.62. The molecule has 4 atom stereocenters. The number of fused-ring (bicyclic) bond motifs is 1. The van der Waals surface area contributed by atoms with Gasteiger partial charge in [0.05, 0.1) is 5.54 Å². The molecule has 4 unspecified atom stereocenters. The summed E-state index contributed by atoms with van der Waals surface area (Å²) in [4.78, 5) is 15.8. The van der Waals surface area contributed by atoms with Gasteiger partial charge in [-0.05, 0) is 68.0 Å². The molecule has 4 rings (SSSR count). The largest absolute Gasteiger partial charge is 0.443 e. The van der Waals surface area contributed by atoms with E-state index in [0.717, 1.165) is 17.5 Å². The summed E-state index contributed by atoms with van der Waals surface area (Å²) in [6.45, 7) is 12.5. The zero-order valence-corrected chi connectivity index (χ0v) is 21.1. The van der Waals surface area contributed by atoms with Gasteiger partial charge in [-0.2, -0.15) is 0 Å². The lowest BCUT2D eigenvalue weighted by Gasteiger charge is -2.44. The molecule has 32 heavy (non-hydrogen) atoms. The van der Waals surface area contributed by atoms with Gasteiger partial charge in [0.2, 0.25) is 0 Å². The van der Waals surface area contributed by atoms with Crippen LogP contribution >= 0.6 is 23.2 Å². The number of carbonyl (C=O) groups excluding carboxylic acids is 1. The molecule has 2 heterocycles. The van der Waals surface area contributed by atoms with Crippen LogP contribution in [0.2, 0.25) is 10.0 Å². The number of benzene rings is 2. The van der Waals surface area contributed by atoms with Gasteiger partial charge < -0.3 is 10.5 Å². The number of nitrogens with zero attached hydrogens (tertiary/aromatic N) is 1. The third-order valence-corrected chi connectivity index (χ3v) is 7.56. The highest BCUT2D eigenvalue weighted by Gasteiger charge is 2.74. The van der Waals surface area contributed by atoms with E-state index in [1.807, 2.05) is 69.3 Å². The van der Waals surface area contributed by atoms with E-state index in [9.17, 15) is 4.79 Å². The number of cyclic esters (lactones) is 1. The van der Waals surface area contributed by atoms with Gasteiger partial charge in [-0.15, -0.1) is 0 Å². The van der Waals surface area contributed by atoms with E-state index >= 15 is 0 Å². The van der Waals surface area contributed by atoms with E-state index < -0.39 is 16.8 Å². The maximum Gasteiger partial charge on any atom is 0.328 e. The fourth-order valence-electron chi connectivity index (χ4n) is 6.09. The van der Waals surface area contributed by atoms with Crippen LogP contribution in [0.4, 0.5) is 0 Å². The highest BCUT2D eigenvalue weighted by molar-refractivity contribution is 6.30. The molecule has 0 saturated carbocycles. The molecule has 0 bridgehead atoms. The fraction of sp³-hybridized carbons (Fsp3) is 0.500. The average Bonchev–Trinajstić information content (AvgIpc) is 2.97. The second-order valence-corrected chi connectivity index (χ2v) is 11.9. The molecule has 2 aromatic carbocycles. The van der Waals surface area contributed by atoms with Crippen molar-refractivity contribution in [3.8, 4) is 0 Å². The summed E-state index contributed by atoms with van der Waals surface area (Å²) in [5.41, 5.74) is 6.73. The van der Waals surface area contributed by atoms with Gasteiger partial charge in [-0.1, -0.05) is 68.2 Å². The minimum Gasteiger partial charge on any atom is -0.443 e. The van der Waals surface area contributed by atoms with Crippen molar-refractivity contribution in [1.29, 1.82) is 0 Å². The molecule has 0 amide bonds. The van der Waals surface area contributed by atoms with Crippen molar-refractivity contribution < 1.29 is 9.53 Å². The molecule has 2 aliphatic rings. The zero-order valence-electron chi connectivity index (χ0n) is 19.6. The molecule has 0 radical (unpaired) electrons. The van der Waals surface area contributed by atoms with Gasteiger partial charge in [0.1, 0.15) is 5.54 Å². The van der Waals surface area contributed by atoms with E-state index in [0.29, 0.717) is 10.0 Å². The summed E-state index contributed by atoms with van der Waals surface area (Å²) in [6, 6.07) is 15.2. The number of hydrogen-bond acceptors (Lipinski definition) is 4. The summed E-state index contributed by atoms with van der Waals surface area (Å²) >= 11 is 12.6. The Morgan fingerprint density at radius 3 is 2.22 bits per heavy atom. The van der Waals surface area contributed by atoms with Crippen LogP contribution in [0.5, 0.6) is 0 Å². The number of esters is 1. The zero-order chi connectivity index (χ0) is 23.7. The Bertz CT molecular complexity index is 1050. The molecular formula is C26H32Cl2N2O2. The Hall–Kier alpha value is -1.59. The molecule has 0 aliphatic carbocycles. The number of halogens is 2. The maximum atomic E-state index is 13.6. The average molecular weight is 475 g/mol. The lowest BCUT2D eigenvalue weighted by Crippen LogP contribution is -2.57. The number of nitrogens with two attached hydrogens (primary N) is 1. The van der Waals surface area contributed by atoms with E-state index in [1.165, 1.54) is 0 Å². The Labute approximate surface area is 201 Å². The summed E-state index contributed by atoms with van der Waals surface area (Å²) in [5, 5.41) is 1.26. The first-order valence-electron chi connectivity index (χ1n) is 11.0. The molecule has 2 N–H and O–H groups in total. The highest BCUT2D eigenvalue weighted by atomic mass is 35.5. The van der Waals surface area contributed by atoms with Crippen molar-refractivity contribution in [1.82, 2.24) is 4.90 Å². The third-order valence-electron chi connectivity index (χ3n) is 7.07. The normalized spacial score (nSPS) is 32.1.